The largest absolute Gasteiger partial charge is 0.496 e. The zero-order valence-corrected chi connectivity index (χ0v) is 14.0. The van der Waals surface area contributed by atoms with Gasteiger partial charge in [0.1, 0.15) is 18.4 Å². The summed E-state index contributed by atoms with van der Waals surface area (Å²) in [5.41, 5.74) is 1.07. The highest BCUT2D eigenvalue weighted by atomic mass is 16.5. The van der Waals surface area contributed by atoms with Crippen LogP contribution in [0, 0.1) is 0 Å². The number of para-hydroxylation sites is 1. The zero-order chi connectivity index (χ0) is 16.8. The monoisotopic (exact) mass is 328 g/mol. The van der Waals surface area contributed by atoms with Gasteiger partial charge in [0, 0.05) is 12.5 Å². The average molecular weight is 328 g/mol. The van der Waals surface area contributed by atoms with Crippen molar-refractivity contribution in [3.05, 3.63) is 42.5 Å². The summed E-state index contributed by atoms with van der Waals surface area (Å²) in [4.78, 5) is 16.2. The van der Waals surface area contributed by atoms with Crippen molar-refractivity contribution in [3.8, 4) is 5.75 Å². The van der Waals surface area contributed by atoms with Crippen LogP contribution in [-0.4, -0.2) is 33.8 Å². The topological polar surface area (TPSA) is 69.0 Å². The van der Waals surface area contributed by atoms with Crippen molar-refractivity contribution in [2.75, 3.05) is 7.11 Å². The van der Waals surface area contributed by atoms with Gasteiger partial charge in [-0.05, 0) is 43.7 Å². The zero-order valence-electron chi connectivity index (χ0n) is 14.0. The lowest BCUT2D eigenvalue weighted by Gasteiger charge is -2.29. The third-order valence-electron chi connectivity index (χ3n) is 4.69. The summed E-state index contributed by atoms with van der Waals surface area (Å²) in [5.74, 6) is 0.962. The van der Waals surface area contributed by atoms with E-state index in [0.717, 1.165) is 37.0 Å². The average Bonchev–Trinajstić information content (AvgIpc) is 3.15. The molecule has 0 atom stereocenters. The molecule has 0 spiro atoms. The molecule has 1 amide bonds. The van der Waals surface area contributed by atoms with Crippen LogP contribution in [0.1, 0.15) is 43.7 Å². The molecule has 3 rings (SSSR count). The van der Waals surface area contributed by atoms with Gasteiger partial charge >= 0.3 is 0 Å². The molecule has 128 valence electrons. The Hall–Kier alpha value is -2.37. The minimum atomic E-state index is 0.116. The molecule has 0 aliphatic heterocycles. The van der Waals surface area contributed by atoms with E-state index in [9.17, 15) is 4.79 Å². The van der Waals surface area contributed by atoms with Gasteiger partial charge in [0.05, 0.1) is 13.2 Å². The fraction of sp³-hybridized carbons (Fsp3) is 0.500. The van der Waals surface area contributed by atoms with Crippen molar-refractivity contribution >= 4 is 5.91 Å². The predicted molar refractivity (Wildman–Crippen MR) is 90.8 cm³/mol. The summed E-state index contributed by atoms with van der Waals surface area (Å²) in [6.07, 6.45) is 8.58. The van der Waals surface area contributed by atoms with Crippen molar-refractivity contribution in [1.29, 1.82) is 0 Å². The van der Waals surface area contributed by atoms with Gasteiger partial charge in [0.15, 0.2) is 0 Å². The van der Waals surface area contributed by atoms with Gasteiger partial charge in [-0.25, -0.2) is 9.67 Å². The van der Waals surface area contributed by atoms with E-state index in [1.165, 1.54) is 0 Å². The molecule has 1 aromatic carbocycles. The number of rotatable bonds is 6. The van der Waals surface area contributed by atoms with Gasteiger partial charge in [-0.2, -0.15) is 5.10 Å². The minimum Gasteiger partial charge on any atom is -0.496 e. The maximum atomic E-state index is 12.2. The molecule has 1 aliphatic rings. The van der Waals surface area contributed by atoms with Crippen LogP contribution in [0.15, 0.2) is 36.9 Å². The van der Waals surface area contributed by atoms with Gasteiger partial charge in [0.2, 0.25) is 5.91 Å². The number of benzene rings is 1. The fourth-order valence-corrected chi connectivity index (χ4v) is 3.35. The summed E-state index contributed by atoms with van der Waals surface area (Å²) in [5, 5.41) is 7.38. The lowest BCUT2D eigenvalue weighted by atomic mass is 9.91. The first kappa shape index (κ1) is 16.5. The van der Waals surface area contributed by atoms with E-state index < -0.39 is 0 Å². The van der Waals surface area contributed by atoms with Crippen LogP contribution >= 0.6 is 0 Å². The summed E-state index contributed by atoms with van der Waals surface area (Å²) < 4.78 is 7.26. The molecule has 24 heavy (non-hydrogen) atoms. The number of carbonyl (C=O) groups is 1. The van der Waals surface area contributed by atoms with Gasteiger partial charge < -0.3 is 10.1 Å². The standard InChI is InChI=1S/C18H24N4O2/c1-24-17-5-3-2-4-14(17)6-11-18(23)21-15-7-9-16(10-8-15)22-13-19-12-20-22/h2-5,12-13,15-16H,6-11H2,1H3,(H,21,23). The Morgan fingerprint density at radius 2 is 2.08 bits per heavy atom. The van der Waals surface area contributed by atoms with Crippen molar-refractivity contribution in [2.24, 2.45) is 0 Å². The van der Waals surface area contributed by atoms with Crippen LogP contribution in [0.25, 0.3) is 0 Å². The van der Waals surface area contributed by atoms with Crippen molar-refractivity contribution < 1.29 is 9.53 Å². The van der Waals surface area contributed by atoms with E-state index in [4.69, 9.17) is 4.74 Å². The summed E-state index contributed by atoms with van der Waals surface area (Å²) >= 11 is 0. The third-order valence-corrected chi connectivity index (χ3v) is 4.69. The molecular formula is C18H24N4O2. The first-order valence-corrected chi connectivity index (χ1v) is 8.51. The lowest BCUT2D eigenvalue weighted by Crippen LogP contribution is -2.38. The maximum Gasteiger partial charge on any atom is 0.220 e. The highest BCUT2D eigenvalue weighted by Crippen LogP contribution is 2.27. The van der Waals surface area contributed by atoms with E-state index in [1.54, 1.807) is 19.8 Å². The van der Waals surface area contributed by atoms with Crippen molar-refractivity contribution in [3.63, 3.8) is 0 Å². The summed E-state index contributed by atoms with van der Waals surface area (Å²) in [6, 6.07) is 8.54. The molecular weight excluding hydrogens is 304 g/mol. The first-order valence-electron chi connectivity index (χ1n) is 8.51. The number of hydrogen-bond donors (Lipinski definition) is 1. The number of hydrogen-bond acceptors (Lipinski definition) is 4. The molecule has 6 heteroatoms. The van der Waals surface area contributed by atoms with Gasteiger partial charge in [0.25, 0.3) is 0 Å². The number of ether oxygens (including phenoxy) is 1. The Bertz CT molecular complexity index is 649. The molecule has 1 heterocycles. The minimum absolute atomic E-state index is 0.116. The SMILES string of the molecule is COc1ccccc1CCC(=O)NC1CCC(n2cncn2)CC1. The highest BCUT2D eigenvalue weighted by Gasteiger charge is 2.23. The number of carbonyl (C=O) groups excluding carboxylic acids is 1. The number of nitrogens with one attached hydrogen (secondary N) is 1. The Morgan fingerprint density at radius 1 is 1.29 bits per heavy atom. The molecule has 1 fully saturated rings. The molecule has 0 bridgehead atoms. The molecule has 0 unspecified atom stereocenters. The first-order chi connectivity index (χ1) is 11.8. The van der Waals surface area contributed by atoms with Crippen LogP contribution in [0.2, 0.25) is 0 Å². The van der Waals surface area contributed by atoms with Crippen LogP contribution in [-0.2, 0) is 11.2 Å². The number of nitrogens with zero attached hydrogens (tertiary/aromatic N) is 3. The van der Waals surface area contributed by atoms with E-state index in [2.05, 4.69) is 15.4 Å². The Labute approximate surface area is 142 Å². The lowest BCUT2D eigenvalue weighted by molar-refractivity contribution is -0.122. The second kappa shape index (κ2) is 7.95. The number of aromatic nitrogens is 3. The molecule has 2 aromatic rings. The molecule has 0 radical (unpaired) electrons. The van der Waals surface area contributed by atoms with Crippen LogP contribution in [0.3, 0.4) is 0 Å². The van der Waals surface area contributed by atoms with Crippen molar-refractivity contribution in [2.45, 2.75) is 50.6 Å². The Kier molecular flexibility index (Phi) is 5.46. The van der Waals surface area contributed by atoms with E-state index in [0.29, 0.717) is 18.9 Å². The molecule has 1 aliphatic carbocycles. The van der Waals surface area contributed by atoms with E-state index in [-0.39, 0.29) is 11.9 Å². The second-order valence-corrected chi connectivity index (χ2v) is 6.26. The summed E-state index contributed by atoms with van der Waals surface area (Å²) in [6.45, 7) is 0. The predicted octanol–water partition coefficient (Wildman–Crippen LogP) is 2.52. The fourth-order valence-electron chi connectivity index (χ4n) is 3.35. The van der Waals surface area contributed by atoms with E-state index >= 15 is 0 Å². The third kappa shape index (κ3) is 4.13. The van der Waals surface area contributed by atoms with Crippen molar-refractivity contribution in [1.82, 2.24) is 20.1 Å². The highest BCUT2D eigenvalue weighted by molar-refractivity contribution is 5.76. The normalized spacial score (nSPS) is 20.5. The molecule has 0 saturated heterocycles. The van der Waals surface area contributed by atoms with Crippen LogP contribution in [0.5, 0.6) is 5.75 Å². The van der Waals surface area contributed by atoms with Gasteiger partial charge in [-0.3, -0.25) is 4.79 Å². The maximum absolute atomic E-state index is 12.2. The molecule has 1 aromatic heterocycles. The van der Waals surface area contributed by atoms with Gasteiger partial charge in [-0.15, -0.1) is 0 Å². The van der Waals surface area contributed by atoms with Gasteiger partial charge in [-0.1, -0.05) is 18.2 Å². The Morgan fingerprint density at radius 3 is 2.79 bits per heavy atom. The number of amides is 1. The smallest absolute Gasteiger partial charge is 0.220 e. The number of aryl methyl sites for hydroxylation is 1. The quantitative estimate of drug-likeness (QED) is 0.884. The van der Waals surface area contributed by atoms with Crippen LogP contribution < -0.4 is 10.1 Å². The van der Waals surface area contributed by atoms with E-state index in [1.807, 2.05) is 28.9 Å². The Balaban J connectivity index is 1.43. The molecule has 6 nitrogen and oxygen atoms in total. The number of methoxy groups -OCH3 is 1. The summed E-state index contributed by atoms with van der Waals surface area (Å²) in [7, 11) is 1.66. The van der Waals surface area contributed by atoms with Crippen LogP contribution in [0.4, 0.5) is 0 Å². The second-order valence-electron chi connectivity index (χ2n) is 6.26. The molecule has 1 saturated carbocycles. The molecule has 1 N–H and O–H groups in total.